The molecule has 0 spiro atoms. The van der Waals surface area contributed by atoms with E-state index >= 15 is 0 Å². The largest absolute Gasteiger partial charge is 0.485 e. The molecule has 2 aromatic carbocycles. The minimum absolute atomic E-state index is 0.141. The highest BCUT2D eigenvalue weighted by Crippen LogP contribution is 2.39. The summed E-state index contributed by atoms with van der Waals surface area (Å²) in [5, 5.41) is 5.91. The van der Waals surface area contributed by atoms with Crippen LogP contribution in [0, 0.1) is 5.41 Å². The molecule has 0 aliphatic carbocycles. The van der Waals surface area contributed by atoms with Gasteiger partial charge in [-0.25, -0.2) is 0 Å². The van der Waals surface area contributed by atoms with E-state index in [2.05, 4.69) is 62.5 Å². The van der Waals surface area contributed by atoms with Crippen molar-refractivity contribution in [3.8, 4) is 5.75 Å². The third-order valence-electron chi connectivity index (χ3n) is 3.58. The maximum atomic E-state index is 6.25. The van der Waals surface area contributed by atoms with E-state index in [1.807, 2.05) is 0 Å². The Hall–Kier alpha value is -1.70. The third-order valence-corrected chi connectivity index (χ3v) is 3.58. The van der Waals surface area contributed by atoms with Crippen LogP contribution in [-0.4, -0.2) is 12.6 Å². The van der Waals surface area contributed by atoms with Crippen LogP contribution in [0.25, 0.3) is 10.8 Å². The topological polar surface area (TPSA) is 21.3 Å². The van der Waals surface area contributed by atoms with Crippen molar-refractivity contribution in [3.63, 3.8) is 0 Å². The van der Waals surface area contributed by atoms with Crippen LogP contribution < -0.4 is 10.1 Å². The van der Waals surface area contributed by atoms with Gasteiger partial charge in [-0.15, -0.1) is 0 Å². The Bertz CT molecular complexity index is 583. The maximum absolute atomic E-state index is 6.25. The lowest BCUT2D eigenvalue weighted by Gasteiger charge is -2.36. The molecule has 1 aliphatic rings. The molecule has 0 saturated carbocycles. The number of fused-ring (bicyclic) bond motifs is 3. The van der Waals surface area contributed by atoms with Gasteiger partial charge in [-0.3, -0.25) is 0 Å². The van der Waals surface area contributed by atoms with Crippen LogP contribution in [0.1, 0.15) is 20.8 Å². The first kappa shape index (κ1) is 11.4. The molecule has 1 N–H and O–H groups in total. The molecule has 1 atom stereocenters. The molecular weight excluding hydrogens is 222 g/mol. The molecule has 18 heavy (non-hydrogen) atoms. The summed E-state index contributed by atoms with van der Waals surface area (Å²) in [6.07, 6.45) is 0.204. The first-order valence-electron chi connectivity index (χ1n) is 6.48. The minimum Gasteiger partial charge on any atom is -0.485 e. The molecule has 0 radical (unpaired) electrons. The fourth-order valence-electron chi connectivity index (χ4n) is 2.38. The van der Waals surface area contributed by atoms with Crippen molar-refractivity contribution in [2.24, 2.45) is 5.41 Å². The van der Waals surface area contributed by atoms with Gasteiger partial charge in [0.2, 0.25) is 0 Å². The number of ether oxygens (including phenoxy) is 1. The molecule has 0 saturated heterocycles. The fourth-order valence-corrected chi connectivity index (χ4v) is 2.38. The van der Waals surface area contributed by atoms with Crippen molar-refractivity contribution in [1.29, 1.82) is 0 Å². The lowest BCUT2D eigenvalue weighted by molar-refractivity contribution is 0.0939. The van der Waals surface area contributed by atoms with Gasteiger partial charge in [0.1, 0.15) is 6.10 Å². The van der Waals surface area contributed by atoms with E-state index in [1.165, 1.54) is 10.8 Å². The van der Waals surface area contributed by atoms with Gasteiger partial charge < -0.3 is 10.1 Å². The van der Waals surface area contributed by atoms with Gasteiger partial charge in [0.15, 0.2) is 5.75 Å². The molecule has 94 valence electrons. The van der Waals surface area contributed by atoms with Gasteiger partial charge in [0, 0.05) is 10.8 Å². The summed E-state index contributed by atoms with van der Waals surface area (Å²) in [6, 6.07) is 12.6. The smallest absolute Gasteiger partial charge is 0.150 e. The fraction of sp³-hybridized carbons (Fsp3) is 0.375. The zero-order chi connectivity index (χ0) is 12.8. The minimum atomic E-state index is 0.141. The van der Waals surface area contributed by atoms with Crippen molar-refractivity contribution < 1.29 is 4.74 Å². The predicted molar refractivity (Wildman–Crippen MR) is 76.3 cm³/mol. The Kier molecular flexibility index (Phi) is 2.47. The van der Waals surface area contributed by atoms with Crippen LogP contribution in [-0.2, 0) is 0 Å². The molecule has 0 aromatic heterocycles. The zero-order valence-corrected chi connectivity index (χ0v) is 11.2. The molecule has 0 fully saturated rings. The highest BCUT2D eigenvalue weighted by atomic mass is 16.5. The van der Waals surface area contributed by atoms with Crippen LogP contribution in [0.4, 0.5) is 5.69 Å². The van der Waals surface area contributed by atoms with Crippen LogP contribution in [0.5, 0.6) is 5.75 Å². The first-order valence-corrected chi connectivity index (χ1v) is 6.48. The quantitative estimate of drug-likeness (QED) is 0.751. The number of nitrogens with one attached hydrogen (secondary N) is 1. The highest BCUT2D eigenvalue weighted by molar-refractivity contribution is 5.93. The van der Waals surface area contributed by atoms with Crippen LogP contribution in [0.3, 0.4) is 0 Å². The van der Waals surface area contributed by atoms with Gasteiger partial charge in [0.25, 0.3) is 0 Å². The van der Waals surface area contributed by atoms with Crippen molar-refractivity contribution >= 4 is 16.5 Å². The van der Waals surface area contributed by atoms with Crippen molar-refractivity contribution in [2.75, 3.05) is 11.9 Å². The maximum Gasteiger partial charge on any atom is 0.150 e. The summed E-state index contributed by atoms with van der Waals surface area (Å²) >= 11 is 0. The summed E-state index contributed by atoms with van der Waals surface area (Å²) < 4.78 is 6.25. The first-order chi connectivity index (χ1) is 8.55. The second kappa shape index (κ2) is 3.91. The van der Waals surface area contributed by atoms with E-state index < -0.39 is 0 Å². The zero-order valence-electron chi connectivity index (χ0n) is 11.2. The molecule has 3 rings (SSSR count). The lowest BCUT2D eigenvalue weighted by atomic mass is 9.88. The van der Waals surface area contributed by atoms with Gasteiger partial charge in [-0.1, -0.05) is 51.1 Å². The van der Waals surface area contributed by atoms with Gasteiger partial charge in [-0.05, 0) is 11.5 Å². The van der Waals surface area contributed by atoms with E-state index in [-0.39, 0.29) is 11.5 Å². The highest BCUT2D eigenvalue weighted by Gasteiger charge is 2.30. The van der Waals surface area contributed by atoms with Gasteiger partial charge in [0.05, 0.1) is 12.2 Å². The lowest BCUT2D eigenvalue weighted by Crippen LogP contribution is -2.41. The molecule has 2 nitrogen and oxygen atoms in total. The molecular formula is C16H19NO. The molecule has 2 aromatic rings. The second-order valence-corrected chi connectivity index (χ2v) is 6.02. The Morgan fingerprint density at radius 3 is 2.67 bits per heavy atom. The number of hydrogen-bond acceptors (Lipinski definition) is 2. The van der Waals surface area contributed by atoms with Crippen LogP contribution in [0.15, 0.2) is 36.4 Å². The van der Waals surface area contributed by atoms with E-state index in [0.29, 0.717) is 0 Å². The summed E-state index contributed by atoms with van der Waals surface area (Å²) in [5.74, 6) is 0.999. The Labute approximate surface area is 108 Å². The van der Waals surface area contributed by atoms with Gasteiger partial charge in [-0.2, -0.15) is 0 Å². The summed E-state index contributed by atoms with van der Waals surface area (Å²) in [7, 11) is 0. The van der Waals surface area contributed by atoms with E-state index in [1.54, 1.807) is 0 Å². The molecule has 1 heterocycles. The number of benzene rings is 2. The predicted octanol–water partition coefficient (Wildman–Crippen LogP) is 4.06. The second-order valence-electron chi connectivity index (χ2n) is 6.02. The molecule has 0 amide bonds. The summed E-state index contributed by atoms with van der Waals surface area (Å²) in [5.41, 5.74) is 1.25. The van der Waals surface area contributed by atoms with E-state index in [4.69, 9.17) is 4.74 Å². The van der Waals surface area contributed by atoms with Crippen molar-refractivity contribution in [2.45, 2.75) is 26.9 Å². The molecule has 0 bridgehead atoms. The van der Waals surface area contributed by atoms with Gasteiger partial charge >= 0.3 is 0 Å². The standard InChI is InChI=1S/C16H19NO/c1-16(2,3)14-10-17-13-9-8-11-6-4-5-7-12(11)15(13)18-14/h4-9,14,17H,10H2,1-3H3. The summed E-state index contributed by atoms with van der Waals surface area (Å²) in [6.45, 7) is 7.52. The van der Waals surface area contributed by atoms with Crippen molar-refractivity contribution in [1.82, 2.24) is 0 Å². The average Bonchev–Trinajstić information content (AvgIpc) is 2.37. The SMILES string of the molecule is CC(C)(C)C1CNc2ccc3ccccc3c2O1. The Morgan fingerprint density at radius 2 is 1.89 bits per heavy atom. The van der Waals surface area contributed by atoms with Crippen LogP contribution >= 0.6 is 0 Å². The van der Waals surface area contributed by atoms with E-state index in [9.17, 15) is 0 Å². The molecule has 1 unspecified atom stereocenters. The molecule has 1 aliphatic heterocycles. The summed E-state index contributed by atoms with van der Waals surface area (Å²) in [4.78, 5) is 0. The number of rotatable bonds is 0. The third kappa shape index (κ3) is 1.82. The number of hydrogen-bond donors (Lipinski definition) is 1. The Balaban J connectivity index is 2.10. The molecule has 2 heteroatoms. The number of anilines is 1. The van der Waals surface area contributed by atoms with Crippen LogP contribution in [0.2, 0.25) is 0 Å². The Morgan fingerprint density at radius 1 is 1.11 bits per heavy atom. The van der Waals surface area contributed by atoms with Crippen molar-refractivity contribution in [3.05, 3.63) is 36.4 Å². The average molecular weight is 241 g/mol. The normalized spacial score (nSPS) is 18.9. The monoisotopic (exact) mass is 241 g/mol. The van der Waals surface area contributed by atoms with E-state index in [0.717, 1.165) is 18.0 Å².